The molecule has 31 heavy (non-hydrogen) atoms. The molecule has 0 aromatic heterocycles. The number of hydrogen-bond acceptors (Lipinski definition) is 5. The van der Waals surface area contributed by atoms with Gasteiger partial charge in [0.25, 0.3) is 11.7 Å². The summed E-state index contributed by atoms with van der Waals surface area (Å²) in [5, 5.41) is 21.0. The van der Waals surface area contributed by atoms with Gasteiger partial charge in [-0.15, -0.1) is 0 Å². The van der Waals surface area contributed by atoms with Crippen LogP contribution in [0, 0.1) is 0 Å². The number of nitrogens with zero attached hydrogens (tertiary/aromatic N) is 1. The number of rotatable bonds is 4. The number of carbonyl (C=O) groups is 2. The van der Waals surface area contributed by atoms with Crippen molar-refractivity contribution in [3.05, 3.63) is 94.0 Å². The second kappa shape index (κ2) is 8.28. The standard InChI is InChI=1S/C24H18BrNO5/c1-31-19-12-15(10-11-18(19)27)21-20(22(28)14-6-3-2-4-7-14)23(29)24(30)26(21)17-9-5-8-16(25)13-17/h2-13,21,27-28H,1H3/b22-20+/t21-/m1/s1. The first-order valence-corrected chi connectivity index (χ1v) is 10.2. The van der Waals surface area contributed by atoms with E-state index in [9.17, 15) is 19.8 Å². The molecule has 0 unspecified atom stereocenters. The van der Waals surface area contributed by atoms with Gasteiger partial charge in [0.1, 0.15) is 5.76 Å². The monoisotopic (exact) mass is 479 g/mol. The largest absolute Gasteiger partial charge is 0.507 e. The molecule has 1 aliphatic heterocycles. The molecule has 1 atom stereocenters. The van der Waals surface area contributed by atoms with E-state index in [-0.39, 0.29) is 22.8 Å². The van der Waals surface area contributed by atoms with Gasteiger partial charge in [0.05, 0.1) is 18.7 Å². The molecule has 2 N–H and O–H groups in total. The third kappa shape index (κ3) is 3.68. The summed E-state index contributed by atoms with van der Waals surface area (Å²) in [5.74, 6) is -1.70. The van der Waals surface area contributed by atoms with E-state index < -0.39 is 17.7 Å². The van der Waals surface area contributed by atoms with Crippen molar-refractivity contribution in [3.8, 4) is 11.5 Å². The second-order valence-electron chi connectivity index (χ2n) is 6.95. The van der Waals surface area contributed by atoms with E-state index >= 15 is 0 Å². The number of halogens is 1. The number of ether oxygens (including phenoxy) is 1. The van der Waals surface area contributed by atoms with Crippen molar-refractivity contribution < 1.29 is 24.5 Å². The SMILES string of the molecule is COc1cc([C@@H]2/C(=C(\O)c3ccccc3)C(=O)C(=O)N2c2cccc(Br)c2)ccc1O. The van der Waals surface area contributed by atoms with Crippen molar-refractivity contribution in [2.75, 3.05) is 12.0 Å². The van der Waals surface area contributed by atoms with Crippen molar-refractivity contribution in [2.24, 2.45) is 0 Å². The van der Waals surface area contributed by atoms with Gasteiger partial charge in [-0.05, 0) is 35.9 Å². The summed E-state index contributed by atoms with van der Waals surface area (Å²) in [6, 6.07) is 19.2. The fourth-order valence-electron chi connectivity index (χ4n) is 3.66. The fourth-order valence-corrected chi connectivity index (χ4v) is 4.04. The highest BCUT2D eigenvalue weighted by molar-refractivity contribution is 9.10. The number of aromatic hydroxyl groups is 1. The smallest absolute Gasteiger partial charge is 0.300 e. The number of Topliss-reactive ketones (excluding diaryl/α,β-unsaturated/α-hetero) is 1. The summed E-state index contributed by atoms with van der Waals surface area (Å²) in [4.78, 5) is 27.5. The van der Waals surface area contributed by atoms with Crippen molar-refractivity contribution in [2.45, 2.75) is 6.04 Å². The average Bonchev–Trinajstić information content (AvgIpc) is 3.05. The van der Waals surface area contributed by atoms with E-state index in [4.69, 9.17) is 4.74 Å². The minimum Gasteiger partial charge on any atom is -0.507 e. The van der Waals surface area contributed by atoms with Gasteiger partial charge in [0.2, 0.25) is 0 Å². The van der Waals surface area contributed by atoms with Crippen LogP contribution in [0.25, 0.3) is 5.76 Å². The summed E-state index contributed by atoms with van der Waals surface area (Å²) in [6.45, 7) is 0. The Morgan fingerprint density at radius 1 is 1.00 bits per heavy atom. The topological polar surface area (TPSA) is 87.1 Å². The third-order valence-corrected chi connectivity index (χ3v) is 5.59. The summed E-state index contributed by atoms with van der Waals surface area (Å²) >= 11 is 3.40. The molecule has 1 amide bonds. The number of methoxy groups -OCH3 is 1. The van der Waals surface area contributed by atoms with Crippen LogP contribution >= 0.6 is 15.9 Å². The zero-order chi connectivity index (χ0) is 22.1. The van der Waals surface area contributed by atoms with Crippen LogP contribution < -0.4 is 9.64 Å². The van der Waals surface area contributed by atoms with Crippen LogP contribution in [0.2, 0.25) is 0 Å². The van der Waals surface area contributed by atoms with Crippen LogP contribution in [0.1, 0.15) is 17.2 Å². The van der Waals surface area contributed by atoms with Gasteiger partial charge >= 0.3 is 0 Å². The minimum atomic E-state index is -0.913. The Labute approximate surface area is 187 Å². The molecule has 1 fully saturated rings. The molecule has 0 saturated carbocycles. The Morgan fingerprint density at radius 3 is 2.42 bits per heavy atom. The fraction of sp³-hybridized carbons (Fsp3) is 0.0833. The highest BCUT2D eigenvalue weighted by Gasteiger charge is 2.47. The Hall–Kier alpha value is -3.58. The first-order valence-electron chi connectivity index (χ1n) is 9.41. The zero-order valence-electron chi connectivity index (χ0n) is 16.4. The predicted octanol–water partition coefficient (Wildman–Crippen LogP) is 4.79. The summed E-state index contributed by atoms with van der Waals surface area (Å²) in [6.07, 6.45) is 0. The molecular formula is C24H18BrNO5. The zero-order valence-corrected chi connectivity index (χ0v) is 18.0. The maximum absolute atomic E-state index is 13.1. The number of carbonyl (C=O) groups excluding carboxylic acids is 2. The molecule has 1 heterocycles. The van der Waals surface area contributed by atoms with Gasteiger partial charge < -0.3 is 14.9 Å². The van der Waals surface area contributed by atoms with Gasteiger partial charge in [-0.3, -0.25) is 14.5 Å². The van der Waals surface area contributed by atoms with Gasteiger partial charge in [-0.2, -0.15) is 0 Å². The van der Waals surface area contributed by atoms with E-state index in [0.717, 1.165) is 4.47 Å². The second-order valence-corrected chi connectivity index (χ2v) is 7.86. The Balaban J connectivity index is 1.98. The van der Waals surface area contributed by atoms with Crippen molar-refractivity contribution >= 4 is 39.1 Å². The molecule has 1 aliphatic rings. The highest BCUT2D eigenvalue weighted by atomic mass is 79.9. The molecule has 0 bridgehead atoms. The summed E-state index contributed by atoms with van der Waals surface area (Å²) < 4.78 is 5.95. The number of amides is 1. The first-order chi connectivity index (χ1) is 14.9. The number of benzene rings is 3. The average molecular weight is 480 g/mol. The molecule has 156 valence electrons. The minimum absolute atomic E-state index is 0.0380. The van der Waals surface area contributed by atoms with E-state index in [1.165, 1.54) is 18.1 Å². The lowest BCUT2D eigenvalue weighted by Gasteiger charge is -2.26. The molecule has 0 aliphatic carbocycles. The van der Waals surface area contributed by atoms with E-state index in [2.05, 4.69) is 15.9 Å². The lowest BCUT2D eigenvalue weighted by Crippen LogP contribution is -2.29. The quantitative estimate of drug-likeness (QED) is 0.319. The number of hydrogen-bond donors (Lipinski definition) is 2. The van der Waals surface area contributed by atoms with Crippen LogP contribution in [-0.4, -0.2) is 29.0 Å². The third-order valence-electron chi connectivity index (χ3n) is 5.10. The predicted molar refractivity (Wildman–Crippen MR) is 120 cm³/mol. The van der Waals surface area contributed by atoms with E-state index in [0.29, 0.717) is 16.8 Å². The van der Waals surface area contributed by atoms with Crippen LogP contribution in [-0.2, 0) is 9.59 Å². The maximum atomic E-state index is 13.1. The van der Waals surface area contributed by atoms with E-state index in [1.54, 1.807) is 60.7 Å². The summed E-state index contributed by atoms with van der Waals surface area (Å²) in [5.41, 5.74) is 1.38. The molecule has 3 aromatic carbocycles. The van der Waals surface area contributed by atoms with Crippen molar-refractivity contribution in [3.63, 3.8) is 0 Å². The molecule has 1 saturated heterocycles. The van der Waals surface area contributed by atoms with Crippen LogP contribution in [0.5, 0.6) is 11.5 Å². The summed E-state index contributed by atoms with van der Waals surface area (Å²) in [7, 11) is 1.41. The molecule has 0 radical (unpaired) electrons. The molecule has 3 aromatic rings. The number of phenolic OH excluding ortho intramolecular Hbond substituents is 1. The van der Waals surface area contributed by atoms with Gasteiger partial charge in [0.15, 0.2) is 11.5 Å². The normalized spacial score (nSPS) is 17.7. The van der Waals surface area contributed by atoms with Crippen molar-refractivity contribution in [1.29, 1.82) is 0 Å². The van der Waals surface area contributed by atoms with Crippen LogP contribution in [0.15, 0.2) is 82.8 Å². The molecule has 0 spiro atoms. The Morgan fingerprint density at radius 2 is 1.74 bits per heavy atom. The highest BCUT2D eigenvalue weighted by Crippen LogP contribution is 2.44. The maximum Gasteiger partial charge on any atom is 0.300 e. The van der Waals surface area contributed by atoms with Gasteiger partial charge in [-0.1, -0.05) is 58.4 Å². The molecule has 7 heteroatoms. The Bertz CT molecular complexity index is 1210. The number of phenols is 1. The first kappa shape index (κ1) is 20.7. The number of aliphatic hydroxyl groups excluding tert-OH is 1. The molecule has 6 nitrogen and oxygen atoms in total. The number of ketones is 1. The van der Waals surface area contributed by atoms with Crippen molar-refractivity contribution in [1.82, 2.24) is 0 Å². The molecular weight excluding hydrogens is 462 g/mol. The molecule has 4 rings (SSSR count). The van der Waals surface area contributed by atoms with Gasteiger partial charge in [0, 0.05) is 15.7 Å². The number of aliphatic hydroxyl groups is 1. The van der Waals surface area contributed by atoms with Crippen LogP contribution in [0.3, 0.4) is 0 Å². The van der Waals surface area contributed by atoms with E-state index in [1.807, 2.05) is 6.07 Å². The van der Waals surface area contributed by atoms with Gasteiger partial charge in [-0.25, -0.2) is 0 Å². The lowest BCUT2D eigenvalue weighted by molar-refractivity contribution is -0.132. The number of anilines is 1. The Kier molecular flexibility index (Phi) is 5.52. The lowest BCUT2D eigenvalue weighted by atomic mass is 9.95. The van der Waals surface area contributed by atoms with Crippen LogP contribution in [0.4, 0.5) is 5.69 Å².